The first kappa shape index (κ1) is 31.5. The third-order valence-corrected chi connectivity index (χ3v) is 6.80. The molecule has 0 aliphatic heterocycles. The number of hydrogen-bond acceptors (Lipinski definition) is 6. The Balaban J connectivity index is 1.92. The highest BCUT2D eigenvalue weighted by atomic mass is 16.6. The van der Waals surface area contributed by atoms with E-state index in [0.29, 0.717) is 17.5 Å². The van der Waals surface area contributed by atoms with Crippen molar-refractivity contribution in [1.29, 1.82) is 0 Å². The van der Waals surface area contributed by atoms with Crippen LogP contribution in [-0.4, -0.2) is 47.1 Å². The summed E-state index contributed by atoms with van der Waals surface area (Å²) in [6, 6.07) is 17.0. The van der Waals surface area contributed by atoms with Crippen LogP contribution in [0.2, 0.25) is 0 Å². The van der Waals surface area contributed by atoms with E-state index in [1.165, 1.54) is 51.4 Å². The fourth-order valence-electron chi connectivity index (χ4n) is 4.53. The van der Waals surface area contributed by atoms with E-state index >= 15 is 0 Å². The van der Waals surface area contributed by atoms with Crippen LogP contribution in [-0.2, 0) is 9.47 Å². The first-order valence-corrected chi connectivity index (χ1v) is 14.4. The van der Waals surface area contributed by atoms with Gasteiger partial charge in [-0.1, -0.05) is 114 Å². The monoisotopic (exact) mass is 526 g/mol. The van der Waals surface area contributed by atoms with Gasteiger partial charge in [0.25, 0.3) is 0 Å². The summed E-state index contributed by atoms with van der Waals surface area (Å²) in [7, 11) is 0. The number of ether oxygens (including phenoxy) is 2. The van der Waals surface area contributed by atoms with Gasteiger partial charge < -0.3 is 19.7 Å². The van der Waals surface area contributed by atoms with E-state index in [9.17, 15) is 19.8 Å². The predicted octanol–water partition coefficient (Wildman–Crippen LogP) is 6.88. The Hall–Kier alpha value is -2.70. The van der Waals surface area contributed by atoms with E-state index in [-0.39, 0.29) is 0 Å². The van der Waals surface area contributed by atoms with Crippen molar-refractivity contribution >= 4 is 11.9 Å². The number of carbonyl (C=O) groups is 2. The maximum Gasteiger partial charge on any atom is 0.338 e. The highest BCUT2D eigenvalue weighted by molar-refractivity contribution is 5.90. The second-order valence-electron chi connectivity index (χ2n) is 9.97. The van der Waals surface area contributed by atoms with Crippen LogP contribution in [0.25, 0.3) is 0 Å². The highest BCUT2D eigenvalue weighted by Crippen LogP contribution is 2.21. The topological polar surface area (TPSA) is 93.1 Å². The zero-order chi connectivity index (χ0) is 27.4. The van der Waals surface area contributed by atoms with Gasteiger partial charge in [-0.2, -0.15) is 0 Å². The normalized spacial score (nSPS) is 13.4. The zero-order valence-corrected chi connectivity index (χ0v) is 22.9. The second kappa shape index (κ2) is 19.4. The van der Waals surface area contributed by atoms with Crippen molar-refractivity contribution < 1.29 is 29.3 Å². The van der Waals surface area contributed by atoms with Gasteiger partial charge in [0.05, 0.1) is 17.7 Å². The molecule has 0 bridgehead atoms. The quantitative estimate of drug-likeness (QED) is 0.144. The van der Waals surface area contributed by atoms with E-state index in [1.54, 1.807) is 60.7 Å². The van der Waals surface area contributed by atoms with Crippen LogP contribution in [0.15, 0.2) is 60.7 Å². The Morgan fingerprint density at radius 1 is 0.658 bits per heavy atom. The molecule has 0 saturated carbocycles. The molecule has 210 valence electrons. The second-order valence-corrected chi connectivity index (χ2v) is 9.97. The summed E-state index contributed by atoms with van der Waals surface area (Å²) in [6.07, 6.45) is 11.3. The molecule has 0 aliphatic rings. The van der Waals surface area contributed by atoms with Gasteiger partial charge in [-0.05, 0) is 37.1 Å². The minimum Gasteiger partial charge on any atom is -0.455 e. The van der Waals surface area contributed by atoms with Crippen molar-refractivity contribution in [3.05, 3.63) is 71.8 Å². The molecule has 6 nitrogen and oxygen atoms in total. The number of hydrogen-bond donors (Lipinski definition) is 2. The van der Waals surface area contributed by atoms with Crippen LogP contribution in [0, 0.1) is 0 Å². The molecule has 0 saturated heterocycles. The van der Waals surface area contributed by atoms with Gasteiger partial charge in [0.15, 0.2) is 6.10 Å². The van der Waals surface area contributed by atoms with E-state index < -0.39 is 36.9 Å². The number of aliphatic hydroxyl groups is 2. The van der Waals surface area contributed by atoms with Gasteiger partial charge in [-0.15, -0.1) is 0 Å². The molecule has 2 rings (SSSR count). The van der Waals surface area contributed by atoms with Crippen LogP contribution in [0.3, 0.4) is 0 Å². The van der Waals surface area contributed by atoms with E-state index in [0.717, 1.165) is 25.7 Å². The standard InChI is InChI=1S/C32H46O6/c1-2-3-4-5-6-7-8-9-10-11-12-19-24-29(37-31(35)26-20-15-13-16-21-26)30(28(34)25-33)38-32(36)27-22-17-14-18-23-27/h13-18,20-23,28-30,33-34H,2-12,19,24-25H2,1H3/t28-,29+,30+/m1/s1. The SMILES string of the molecule is CCCCCCCCCCCCCC[C@H](OC(=O)c1ccccc1)[C@@H](OC(=O)c1ccccc1)[C@H](O)CO. The molecule has 0 spiro atoms. The zero-order valence-electron chi connectivity index (χ0n) is 22.9. The number of esters is 2. The van der Waals surface area contributed by atoms with Crippen LogP contribution in [0.1, 0.15) is 111 Å². The first-order valence-electron chi connectivity index (χ1n) is 14.4. The summed E-state index contributed by atoms with van der Waals surface area (Å²) in [5.74, 6) is -1.20. The van der Waals surface area contributed by atoms with Crippen molar-refractivity contribution in [2.24, 2.45) is 0 Å². The Bertz CT molecular complexity index is 885. The molecule has 0 radical (unpaired) electrons. The molecule has 0 amide bonds. The van der Waals surface area contributed by atoms with Gasteiger partial charge in [0.2, 0.25) is 0 Å². The van der Waals surface area contributed by atoms with Crippen LogP contribution >= 0.6 is 0 Å². The molecule has 0 aromatic heterocycles. The summed E-state index contributed by atoms with van der Waals surface area (Å²) in [5.41, 5.74) is 0.694. The highest BCUT2D eigenvalue weighted by Gasteiger charge is 2.35. The number of aliphatic hydroxyl groups excluding tert-OH is 2. The minimum absolute atomic E-state index is 0.320. The molecule has 0 heterocycles. The maximum absolute atomic E-state index is 12.8. The number of carbonyl (C=O) groups excluding carboxylic acids is 2. The molecular weight excluding hydrogens is 480 g/mol. The minimum atomic E-state index is -1.38. The lowest BCUT2D eigenvalue weighted by Crippen LogP contribution is -2.45. The van der Waals surface area contributed by atoms with Crippen molar-refractivity contribution in [1.82, 2.24) is 0 Å². The molecule has 2 N–H and O–H groups in total. The fourth-order valence-corrected chi connectivity index (χ4v) is 4.53. The summed E-state index contributed by atoms with van der Waals surface area (Å²) < 4.78 is 11.4. The molecule has 38 heavy (non-hydrogen) atoms. The smallest absolute Gasteiger partial charge is 0.338 e. The summed E-state index contributed by atoms with van der Waals surface area (Å²) >= 11 is 0. The Morgan fingerprint density at radius 3 is 1.53 bits per heavy atom. The maximum atomic E-state index is 12.8. The molecule has 0 unspecified atom stereocenters. The van der Waals surface area contributed by atoms with Crippen LogP contribution in [0.4, 0.5) is 0 Å². The Kier molecular flexibility index (Phi) is 16.1. The lowest BCUT2D eigenvalue weighted by atomic mass is 10.00. The molecule has 2 aromatic carbocycles. The summed E-state index contributed by atoms with van der Waals surface area (Å²) in [4.78, 5) is 25.6. The van der Waals surface area contributed by atoms with Crippen molar-refractivity contribution in [2.75, 3.05) is 6.61 Å². The lowest BCUT2D eigenvalue weighted by Gasteiger charge is -2.30. The number of unbranched alkanes of at least 4 members (excludes halogenated alkanes) is 11. The average molecular weight is 527 g/mol. The molecule has 6 heteroatoms. The molecule has 3 atom stereocenters. The van der Waals surface area contributed by atoms with Crippen molar-refractivity contribution in [3.63, 3.8) is 0 Å². The molecule has 0 fully saturated rings. The molecular formula is C32H46O6. The van der Waals surface area contributed by atoms with Gasteiger partial charge in [-0.3, -0.25) is 0 Å². The predicted molar refractivity (Wildman–Crippen MR) is 150 cm³/mol. The van der Waals surface area contributed by atoms with Crippen molar-refractivity contribution in [2.45, 2.75) is 109 Å². The fraction of sp³-hybridized carbons (Fsp3) is 0.562. The van der Waals surface area contributed by atoms with Gasteiger partial charge in [0.1, 0.15) is 12.2 Å². The Morgan fingerprint density at radius 2 is 1.08 bits per heavy atom. The largest absolute Gasteiger partial charge is 0.455 e. The lowest BCUT2D eigenvalue weighted by molar-refractivity contribution is -0.0957. The number of rotatable bonds is 20. The first-order chi connectivity index (χ1) is 18.6. The van der Waals surface area contributed by atoms with Crippen LogP contribution < -0.4 is 0 Å². The van der Waals surface area contributed by atoms with E-state index in [2.05, 4.69) is 6.92 Å². The van der Waals surface area contributed by atoms with Crippen molar-refractivity contribution in [3.8, 4) is 0 Å². The third-order valence-electron chi connectivity index (χ3n) is 6.80. The third kappa shape index (κ3) is 12.2. The summed E-state index contributed by atoms with van der Waals surface area (Å²) in [5, 5.41) is 20.2. The Labute approximate surface area is 228 Å². The average Bonchev–Trinajstić information content (AvgIpc) is 2.96. The van der Waals surface area contributed by atoms with E-state index in [1.807, 2.05) is 0 Å². The number of benzene rings is 2. The summed E-state index contributed by atoms with van der Waals surface area (Å²) in [6.45, 7) is 1.62. The molecule has 0 aliphatic carbocycles. The van der Waals surface area contributed by atoms with Crippen LogP contribution in [0.5, 0.6) is 0 Å². The van der Waals surface area contributed by atoms with E-state index in [4.69, 9.17) is 9.47 Å². The van der Waals surface area contributed by atoms with Gasteiger partial charge >= 0.3 is 11.9 Å². The van der Waals surface area contributed by atoms with Gasteiger partial charge in [0, 0.05) is 0 Å². The molecule has 2 aromatic rings. The van der Waals surface area contributed by atoms with Gasteiger partial charge in [-0.25, -0.2) is 9.59 Å².